The predicted octanol–water partition coefficient (Wildman–Crippen LogP) is 1.02. The van der Waals surface area contributed by atoms with Gasteiger partial charge in [-0.1, -0.05) is 0 Å². The Bertz CT molecular complexity index is 441. The summed E-state index contributed by atoms with van der Waals surface area (Å²) in [4.78, 5) is 23.9. The second-order valence-corrected chi connectivity index (χ2v) is 2.59. The van der Waals surface area contributed by atoms with Crippen LogP contribution in [0.2, 0.25) is 0 Å². The number of halogens is 2. The molecule has 0 radical (unpaired) electrons. The molecule has 0 saturated carbocycles. The van der Waals surface area contributed by atoms with E-state index in [-0.39, 0.29) is 0 Å². The quantitative estimate of drug-likeness (QED) is 0.795. The Morgan fingerprint density at radius 3 is 2.60 bits per heavy atom. The summed E-state index contributed by atoms with van der Waals surface area (Å²) in [7, 11) is 1.03. The lowest BCUT2D eigenvalue weighted by Crippen LogP contribution is -2.18. The van der Waals surface area contributed by atoms with Crippen LogP contribution >= 0.6 is 0 Å². The molecule has 1 heterocycles. The Morgan fingerprint density at radius 2 is 2.20 bits per heavy atom. The summed E-state index contributed by atoms with van der Waals surface area (Å²) < 4.78 is 29.0. The van der Waals surface area contributed by atoms with E-state index >= 15 is 0 Å². The smallest absolute Gasteiger partial charge is 0.356 e. The minimum Gasteiger partial charge on any atom is -0.491 e. The van der Waals surface area contributed by atoms with Crippen LogP contribution in [0.4, 0.5) is 8.78 Å². The number of pyridine rings is 1. The van der Waals surface area contributed by atoms with E-state index in [1.807, 2.05) is 0 Å². The number of carbonyl (C=O) groups is 1. The molecule has 0 aliphatic carbocycles. The average molecular weight is 219 g/mol. The maximum Gasteiger partial charge on any atom is 0.356 e. The van der Waals surface area contributed by atoms with Crippen molar-refractivity contribution >= 4 is 5.97 Å². The van der Waals surface area contributed by atoms with Gasteiger partial charge in [0.05, 0.1) is 12.7 Å². The number of aromatic nitrogens is 1. The fraction of sp³-hybridized carbons (Fsp3) is 0.250. The largest absolute Gasteiger partial charge is 0.491 e. The van der Waals surface area contributed by atoms with E-state index in [2.05, 4.69) is 9.72 Å². The zero-order chi connectivity index (χ0) is 11.6. The molecule has 0 unspecified atom stereocenters. The van der Waals surface area contributed by atoms with Gasteiger partial charge in [-0.3, -0.25) is 4.79 Å². The fourth-order valence-electron chi connectivity index (χ4n) is 1.04. The molecule has 7 heteroatoms. The van der Waals surface area contributed by atoms with E-state index in [9.17, 15) is 18.4 Å². The van der Waals surface area contributed by atoms with E-state index < -0.39 is 34.8 Å². The maximum absolute atomic E-state index is 12.3. The molecule has 0 saturated heterocycles. The van der Waals surface area contributed by atoms with Crippen LogP contribution in [0, 0.1) is 0 Å². The number of alkyl halides is 2. The number of carboxylic acid groups (broad SMARTS) is 1. The van der Waals surface area contributed by atoms with Crippen molar-refractivity contribution in [2.45, 2.75) is 6.43 Å². The van der Waals surface area contributed by atoms with Crippen molar-refractivity contribution in [3.8, 4) is 5.75 Å². The summed E-state index contributed by atoms with van der Waals surface area (Å²) >= 11 is 0. The lowest BCUT2D eigenvalue weighted by atomic mass is 10.2. The molecule has 0 spiro atoms. The van der Waals surface area contributed by atoms with Gasteiger partial charge in [0.15, 0.2) is 11.4 Å². The maximum atomic E-state index is 12.3. The number of carboxylic acids is 1. The lowest BCUT2D eigenvalue weighted by molar-refractivity contribution is 0.0685. The van der Waals surface area contributed by atoms with E-state index in [0.717, 1.165) is 7.11 Å². The molecule has 0 amide bonds. The highest BCUT2D eigenvalue weighted by atomic mass is 19.3. The Hall–Kier alpha value is -1.92. The standard InChI is InChI=1S/C8H7F2NO4/c1-15-6-4(8(13)14)11-2-3(5(6)12)7(9)10/h2,7H,1H3,(H,11,12)(H,13,14). The molecular weight excluding hydrogens is 212 g/mol. The highest BCUT2D eigenvalue weighted by Gasteiger charge is 2.21. The summed E-state index contributed by atoms with van der Waals surface area (Å²) in [5.41, 5.74) is -2.49. The van der Waals surface area contributed by atoms with Gasteiger partial charge in [-0.05, 0) is 0 Å². The number of hydrogen-bond donors (Lipinski definition) is 2. The lowest BCUT2D eigenvalue weighted by Gasteiger charge is -2.06. The van der Waals surface area contributed by atoms with Crippen molar-refractivity contribution < 1.29 is 23.4 Å². The van der Waals surface area contributed by atoms with Gasteiger partial charge in [-0.2, -0.15) is 0 Å². The molecule has 0 fully saturated rings. The van der Waals surface area contributed by atoms with Crippen molar-refractivity contribution in [1.82, 2.24) is 4.98 Å². The van der Waals surface area contributed by atoms with Crippen LogP contribution in [0.25, 0.3) is 0 Å². The predicted molar refractivity (Wildman–Crippen MR) is 45.5 cm³/mol. The SMILES string of the molecule is COc1c(C(=O)O)[nH]cc(C(F)F)c1=O. The highest BCUT2D eigenvalue weighted by molar-refractivity contribution is 5.88. The van der Waals surface area contributed by atoms with Crippen LogP contribution in [-0.2, 0) is 0 Å². The molecular formula is C8H7F2NO4. The molecule has 0 aliphatic heterocycles. The topological polar surface area (TPSA) is 79.4 Å². The molecule has 2 N–H and O–H groups in total. The second kappa shape index (κ2) is 4.07. The molecule has 1 aromatic heterocycles. The highest BCUT2D eigenvalue weighted by Crippen LogP contribution is 2.18. The van der Waals surface area contributed by atoms with Gasteiger partial charge in [0.25, 0.3) is 6.43 Å². The van der Waals surface area contributed by atoms with E-state index in [1.165, 1.54) is 0 Å². The first-order chi connectivity index (χ1) is 6.99. The molecule has 0 bridgehead atoms. The Kier molecular flexibility index (Phi) is 3.03. The van der Waals surface area contributed by atoms with Crippen LogP contribution in [0.1, 0.15) is 22.5 Å². The van der Waals surface area contributed by atoms with Crippen molar-refractivity contribution in [1.29, 1.82) is 0 Å². The minimum atomic E-state index is -2.98. The van der Waals surface area contributed by atoms with Gasteiger partial charge in [0.1, 0.15) is 0 Å². The normalized spacial score (nSPS) is 10.4. The average Bonchev–Trinajstić information content (AvgIpc) is 2.16. The van der Waals surface area contributed by atoms with Crippen molar-refractivity contribution in [2.75, 3.05) is 7.11 Å². The fourth-order valence-corrected chi connectivity index (χ4v) is 1.04. The zero-order valence-corrected chi connectivity index (χ0v) is 7.58. The zero-order valence-electron chi connectivity index (χ0n) is 7.58. The molecule has 15 heavy (non-hydrogen) atoms. The first-order valence-corrected chi connectivity index (χ1v) is 3.80. The number of ether oxygens (including phenoxy) is 1. The first-order valence-electron chi connectivity index (χ1n) is 3.80. The summed E-state index contributed by atoms with van der Waals surface area (Å²) in [6.45, 7) is 0. The van der Waals surface area contributed by atoms with Gasteiger partial charge in [0.2, 0.25) is 5.43 Å². The summed E-state index contributed by atoms with van der Waals surface area (Å²) in [5.74, 6) is -2.08. The van der Waals surface area contributed by atoms with E-state index in [4.69, 9.17) is 5.11 Å². The second-order valence-electron chi connectivity index (χ2n) is 2.59. The van der Waals surface area contributed by atoms with E-state index in [0.29, 0.717) is 6.20 Å². The Balaban J connectivity index is 3.46. The van der Waals surface area contributed by atoms with Gasteiger partial charge < -0.3 is 14.8 Å². The molecule has 5 nitrogen and oxygen atoms in total. The minimum absolute atomic E-state index is 0.549. The summed E-state index contributed by atoms with van der Waals surface area (Å²) in [5, 5.41) is 8.61. The van der Waals surface area contributed by atoms with Gasteiger partial charge in [-0.15, -0.1) is 0 Å². The molecule has 1 rings (SSSR count). The number of aromatic amines is 1. The third-order valence-electron chi connectivity index (χ3n) is 1.72. The molecule has 0 aromatic carbocycles. The molecule has 0 aliphatic rings. The third kappa shape index (κ3) is 1.95. The number of methoxy groups -OCH3 is 1. The Labute approximate surface area is 82.3 Å². The number of rotatable bonds is 3. The van der Waals surface area contributed by atoms with Crippen molar-refractivity contribution in [3.05, 3.63) is 27.7 Å². The number of hydrogen-bond acceptors (Lipinski definition) is 3. The summed E-state index contributed by atoms with van der Waals surface area (Å²) in [6, 6.07) is 0. The van der Waals surface area contributed by atoms with Gasteiger partial charge in [-0.25, -0.2) is 13.6 Å². The summed E-state index contributed by atoms with van der Waals surface area (Å²) in [6.07, 6.45) is -2.32. The van der Waals surface area contributed by atoms with Crippen LogP contribution in [0.15, 0.2) is 11.0 Å². The number of nitrogens with one attached hydrogen (secondary N) is 1. The number of aromatic carboxylic acids is 1. The van der Waals surface area contributed by atoms with E-state index in [1.54, 1.807) is 0 Å². The van der Waals surface area contributed by atoms with Crippen LogP contribution in [0.3, 0.4) is 0 Å². The first kappa shape index (κ1) is 11.2. The van der Waals surface area contributed by atoms with Gasteiger partial charge in [0, 0.05) is 6.20 Å². The monoisotopic (exact) mass is 219 g/mol. The van der Waals surface area contributed by atoms with Crippen LogP contribution < -0.4 is 10.2 Å². The Morgan fingerprint density at radius 1 is 1.60 bits per heavy atom. The molecule has 82 valence electrons. The van der Waals surface area contributed by atoms with Crippen LogP contribution in [0.5, 0.6) is 5.75 Å². The third-order valence-corrected chi connectivity index (χ3v) is 1.72. The molecule has 1 aromatic rings. The number of H-pyrrole nitrogens is 1. The van der Waals surface area contributed by atoms with Gasteiger partial charge >= 0.3 is 5.97 Å². The van der Waals surface area contributed by atoms with Crippen molar-refractivity contribution in [3.63, 3.8) is 0 Å². The molecule has 0 atom stereocenters. The van der Waals surface area contributed by atoms with Crippen LogP contribution in [-0.4, -0.2) is 23.2 Å². The van der Waals surface area contributed by atoms with Crippen molar-refractivity contribution in [2.24, 2.45) is 0 Å².